The van der Waals surface area contributed by atoms with E-state index in [9.17, 15) is 0 Å². The maximum atomic E-state index is 5.78. The number of nitrogens with two attached hydrogens (primary N) is 1. The molecule has 5 nitrogen and oxygen atoms in total. The fourth-order valence-corrected chi connectivity index (χ4v) is 1.91. The molecule has 0 unspecified atom stereocenters. The van der Waals surface area contributed by atoms with Crippen LogP contribution >= 0.6 is 0 Å². The number of guanidine groups is 1. The molecular weight excluding hydrogens is 238 g/mol. The predicted molar refractivity (Wildman–Crippen MR) is 79.1 cm³/mol. The van der Waals surface area contributed by atoms with Gasteiger partial charge in [-0.3, -0.25) is 0 Å². The zero-order chi connectivity index (χ0) is 13.7. The molecule has 5 heteroatoms. The molecule has 2 aromatic rings. The molecule has 2 rings (SSSR count). The van der Waals surface area contributed by atoms with Crippen LogP contribution in [0.15, 0.2) is 23.2 Å². The number of fused-ring (bicyclic) bond motifs is 1. The van der Waals surface area contributed by atoms with Gasteiger partial charge in [0.05, 0.1) is 11.0 Å². The number of benzene rings is 1. The molecule has 0 saturated carbocycles. The van der Waals surface area contributed by atoms with E-state index in [1.165, 1.54) is 0 Å². The van der Waals surface area contributed by atoms with Gasteiger partial charge < -0.3 is 16.0 Å². The molecule has 1 aromatic heterocycles. The number of rotatable bonds is 5. The molecule has 4 N–H and O–H groups in total. The van der Waals surface area contributed by atoms with Crippen LogP contribution in [0.5, 0.6) is 0 Å². The Hall–Kier alpha value is -2.04. The largest absolute Gasteiger partial charge is 0.370 e. The Balaban J connectivity index is 2.01. The van der Waals surface area contributed by atoms with Gasteiger partial charge in [-0.1, -0.05) is 25.5 Å². The second-order valence-corrected chi connectivity index (χ2v) is 4.64. The van der Waals surface area contributed by atoms with Gasteiger partial charge in [0, 0.05) is 6.54 Å². The van der Waals surface area contributed by atoms with Crippen LogP contribution in [-0.4, -0.2) is 22.5 Å². The zero-order valence-electron chi connectivity index (χ0n) is 11.5. The van der Waals surface area contributed by atoms with E-state index in [2.05, 4.69) is 40.2 Å². The second kappa shape index (κ2) is 6.22. The third-order valence-electron chi connectivity index (χ3n) is 3.00. The van der Waals surface area contributed by atoms with E-state index < -0.39 is 0 Å². The van der Waals surface area contributed by atoms with E-state index >= 15 is 0 Å². The van der Waals surface area contributed by atoms with E-state index in [0.29, 0.717) is 12.5 Å². The van der Waals surface area contributed by atoms with E-state index in [1.807, 2.05) is 12.1 Å². The van der Waals surface area contributed by atoms with E-state index in [4.69, 9.17) is 5.73 Å². The third-order valence-corrected chi connectivity index (χ3v) is 3.00. The second-order valence-electron chi connectivity index (χ2n) is 4.64. The average molecular weight is 259 g/mol. The van der Waals surface area contributed by atoms with E-state index in [-0.39, 0.29) is 0 Å². The van der Waals surface area contributed by atoms with Crippen LogP contribution in [0.1, 0.15) is 31.2 Å². The lowest BCUT2D eigenvalue weighted by Gasteiger charge is -2.03. The normalized spacial score (nSPS) is 12.0. The van der Waals surface area contributed by atoms with Crippen LogP contribution in [0.3, 0.4) is 0 Å². The number of unbranched alkanes of at least 4 members (excludes halogenated alkanes) is 1. The topological polar surface area (TPSA) is 79.1 Å². The molecule has 0 saturated heterocycles. The number of hydrogen-bond donors (Lipinski definition) is 3. The van der Waals surface area contributed by atoms with Gasteiger partial charge in [-0.05, 0) is 25.0 Å². The number of aromatic amines is 1. The summed E-state index contributed by atoms with van der Waals surface area (Å²) in [7, 11) is 0. The van der Waals surface area contributed by atoms with Gasteiger partial charge in [-0.25, -0.2) is 9.98 Å². The lowest BCUT2D eigenvalue weighted by molar-refractivity contribution is 0.747. The predicted octanol–water partition coefficient (Wildman–Crippen LogP) is 2.08. The summed E-state index contributed by atoms with van der Waals surface area (Å²) in [5, 5.41) is 3.09. The molecule has 0 aliphatic heterocycles. The van der Waals surface area contributed by atoms with Gasteiger partial charge >= 0.3 is 0 Å². The van der Waals surface area contributed by atoms with Crippen LogP contribution in [-0.2, 0) is 6.54 Å². The molecule has 1 aromatic carbocycles. The van der Waals surface area contributed by atoms with Gasteiger partial charge in [-0.15, -0.1) is 0 Å². The van der Waals surface area contributed by atoms with Gasteiger partial charge in [0.25, 0.3) is 0 Å². The Bertz CT molecular complexity index is 570. The van der Waals surface area contributed by atoms with Gasteiger partial charge in [-0.2, -0.15) is 0 Å². The highest BCUT2D eigenvalue weighted by Gasteiger charge is 2.03. The molecule has 1 heterocycles. The summed E-state index contributed by atoms with van der Waals surface area (Å²) in [4.78, 5) is 12.1. The number of imidazole rings is 1. The molecule has 0 fully saturated rings. The number of H-pyrrole nitrogens is 1. The molecule has 0 spiro atoms. The summed E-state index contributed by atoms with van der Waals surface area (Å²) in [5.74, 6) is 1.31. The summed E-state index contributed by atoms with van der Waals surface area (Å²) in [6, 6.07) is 6.09. The fraction of sp³-hybridized carbons (Fsp3) is 0.429. The van der Waals surface area contributed by atoms with Crippen molar-refractivity contribution < 1.29 is 0 Å². The van der Waals surface area contributed by atoms with E-state index in [1.54, 1.807) is 0 Å². The number of para-hydroxylation sites is 1. The number of aryl methyl sites for hydroxylation is 1. The molecule has 0 radical (unpaired) electrons. The summed E-state index contributed by atoms with van der Waals surface area (Å²) >= 11 is 0. The molecule has 0 amide bonds. The van der Waals surface area contributed by atoms with Crippen molar-refractivity contribution in [1.29, 1.82) is 0 Å². The van der Waals surface area contributed by atoms with Crippen molar-refractivity contribution in [2.24, 2.45) is 10.7 Å². The van der Waals surface area contributed by atoms with Crippen LogP contribution in [0, 0.1) is 6.92 Å². The van der Waals surface area contributed by atoms with Gasteiger partial charge in [0.15, 0.2) is 5.96 Å². The number of nitrogens with one attached hydrogen (secondary N) is 2. The molecular formula is C14H21N5. The standard InChI is InChI=1S/C14H21N5/c1-3-4-8-16-14(15)17-9-12-18-11-7-5-6-10(2)13(11)19-12/h5-7H,3-4,8-9H2,1-2H3,(H,18,19)(H3,15,16,17). The highest BCUT2D eigenvalue weighted by molar-refractivity contribution is 5.79. The summed E-state index contributed by atoms with van der Waals surface area (Å²) in [5.41, 5.74) is 9.00. The maximum Gasteiger partial charge on any atom is 0.189 e. The minimum absolute atomic E-state index is 0.471. The maximum absolute atomic E-state index is 5.78. The Morgan fingerprint density at radius 2 is 2.32 bits per heavy atom. The zero-order valence-corrected chi connectivity index (χ0v) is 11.5. The Morgan fingerprint density at radius 3 is 3.05 bits per heavy atom. The van der Waals surface area contributed by atoms with Crippen LogP contribution in [0.4, 0.5) is 0 Å². The van der Waals surface area contributed by atoms with E-state index in [0.717, 1.165) is 41.8 Å². The highest BCUT2D eigenvalue weighted by Crippen LogP contribution is 2.15. The smallest absolute Gasteiger partial charge is 0.189 e. The lowest BCUT2D eigenvalue weighted by Crippen LogP contribution is -2.32. The van der Waals surface area contributed by atoms with Gasteiger partial charge in [0.2, 0.25) is 0 Å². The van der Waals surface area contributed by atoms with Crippen LogP contribution in [0.2, 0.25) is 0 Å². The van der Waals surface area contributed by atoms with Crippen LogP contribution in [0.25, 0.3) is 11.0 Å². The third kappa shape index (κ3) is 3.47. The average Bonchev–Trinajstić information content (AvgIpc) is 2.81. The number of hydrogen-bond acceptors (Lipinski definition) is 2. The van der Waals surface area contributed by atoms with Crippen LogP contribution < -0.4 is 11.1 Å². The number of aliphatic imine (C=N–C) groups is 1. The minimum Gasteiger partial charge on any atom is -0.370 e. The fourth-order valence-electron chi connectivity index (χ4n) is 1.91. The monoisotopic (exact) mass is 259 g/mol. The molecule has 0 aliphatic rings. The summed E-state index contributed by atoms with van der Waals surface area (Å²) in [6.45, 7) is 5.53. The Labute approximate surface area is 113 Å². The first-order valence-corrected chi connectivity index (χ1v) is 6.68. The van der Waals surface area contributed by atoms with Crippen molar-refractivity contribution >= 4 is 17.0 Å². The SMILES string of the molecule is CCCCNC(N)=NCc1nc2c(C)cccc2[nH]1. The quantitative estimate of drug-likeness (QED) is 0.437. The highest BCUT2D eigenvalue weighted by atomic mass is 15.1. The van der Waals surface area contributed by atoms with Crippen molar-refractivity contribution in [3.8, 4) is 0 Å². The Morgan fingerprint density at radius 1 is 1.47 bits per heavy atom. The summed E-state index contributed by atoms with van der Waals surface area (Å²) in [6.07, 6.45) is 2.24. The molecule has 19 heavy (non-hydrogen) atoms. The number of nitrogens with zero attached hydrogens (tertiary/aromatic N) is 2. The molecule has 0 atom stereocenters. The first-order valence-electron chi connectivity index (χ1n) is 6.68. The van der Waals surface area contributed by atoms with Crippen molar-refractivity contribution in [3.63, 3.8) is 0 Å². The number of aromatic nitrogens is 2. The molecule has 0 aliphatic carbocycles. The van der Waals surface area contributed by atoms with Crippen molar-refractivity contribution in [2.75, 3.05) is 6.54 Å². The Kier molecular flexibility index (Phi) is 4.39. The molecule has 0 bridgehead atoms. The first kappa shape index (κ1) is 13.4. The van der Waals surface area contributed by atoms with Crippen molar-refractivity contribution in [1.82, 2.24) is 15.3 Å². The summed E-state index contributed by atoms with van der Waals surface area (Å²) < 4.78 is 0. The van der Waals surface area contributed by atoms with Crippen molar-refractivity contribution in [3.05, 3.63) is 29.6 Å². The molecule has 102 valence electrons. The van der Waals surface area contributed by atoms with Gasteiger partial charge in [0.1, 0.15) is 12.4 Å². The lowest BCUT2D eigenvalue weighted by atomic mass is 10.2. The minimum atomic E-state index is 0.471. The van der Waals surface area contributed by atoms with Crippen molar-refractivity contribution in [2.45, 2.75) is 33.2 Å². The first-order chi connectivity index (χ1) is 9.20.